The van der Waals surface area contributed by atoms with Gasteiger partial charge in [-0.3, -0.25) is 4.79 Å². The van der Waals surface area contributed by atoms with Crippen LogP contribution in [0.15, 0.2) is 29.8 Å². The molecular weight excluding hydrogens is 184 g/mol. The number of hydrogen-bond acceptors (Lipinski definition) is 1. The maximum Gasteiger partial charge on any atom is 0.155 e. The van der Waals surface area contributed by atoms with Gasteiger partial charge in [-0.2, -0.15) is 0 Å². The Labute approximate surface area is 90.8 Å². The Morgan fingerprint density at radius 3 is 2.27 bits per heavy atom. The Bertz CT molecular complexity index is 394. The third kappa shape index (κ3) is 2.56. The topological polar surface area (TPSA) is 17.1 Å². The van der Waals surface area contributed by atoms with Crippen LogP contribution < -0.4 is 0 Å². The van der Waals surface area contributed by atoms with E-state index in [1.54, 1.807) is 6.92 Å². The fourth-order valence-corrected chi connectivity index (χ4v) is 1.63. The molecular formula is C14H16O. The van der Waals surface area contributed by atoms with Crippen LogP contribution in [0.3, 0.4) is 0 Å². The summed E-state index contributed by atoms with van der Waals surface area (Å²) < 4.78 is 0. The summed E-state index contributed by atoms with van der Waals surface area (Å²) in [5.74, 6) is 0.943. The molecule has 0 amide bonds. The van der Waals surface area contributed by atoms with Crippen molar-refractivity contribution in [1.82, 2.24) is 0 Å². The summed E-state index contributed by atoms with van der Waals surface area (Å²) in [5, 5.41) is 0. The highest BCUT2D eigenvalue weighted by Crippen LogP contribution is 2.39. The van der Waals surface area contributed by atoms with Crippen molar-refractivity contribution in [3.8, 4) is 0 Å². The Morgan fingerprint density at radius 1 is 1.20 bits per heavy atom. The van der Waals surface area contributed by atoms with Crippen LogP contribution in [0.5, 0.6) is 0 Å². The lowest BCUT2D eigenvalue weighted by Crippen LogP contribution is -1.90. The van der Waals surface area contributed by atoms with E-state index in [0.717, 1.165) is 17.1 Å². The second-order valence-corrected chi connectivity index (χ2v) is 4.32. The van der Waals surface area contributed by atoms with Crippen LogP contribution in [-0.2, 0) is 4.79 Å². The van der Waals surface area contributed by atoms with E-state index in [-0.39, 0.29) is 5.78 Å². The largest absolute Gasteiger partial charge is 0.295 e. The molecule has 1 heteroatoms. The van der Waals surface area contributed by atoms with Gasteiger partial charge in [0.25, 0.3) is 0 Å². The fraction of sp³-hybridized carbons (Fsp3) is 0.357. The smallest absolute Gasteiger partial charge is 0.155 e. The van der Waals surface area contributed by atoms with Crippen LogP contribution in [0.1, 0.15) is 43.7 Å². The Balaban J connectivity index is 2.16. The Kier molecular flexibility index (Phi) is 2.72. The second-order valence-electron chi connectivity index (χ2n) is 4.32. The first-order valence-electron chi connectivity index (χ1n) is 5.46. The lowest BCUT2D eigenvalue weighted by Gasteiger charge is -2.00. The molecule has 1 aliphatic carbocycles. The fourth-order valence-electron chi connectivity index (χ4n) is 1.63. The van der Waals surface area contributed by atoms with E-state index >= 15 is 0 Å². The molecule has 15 heavy (non-hydrogen) atoms. The summed E-state index contributed by atoms with van der Waals surface area (Å²) in [4.78, 5) is 11.1. The summed E-state index contributed by atoms with van der Waals surface area (Å²) >= 11 is 0. The molecule has 1 saturated carbocycles. The molecule has 1 aromatic rings. The van der Waals surface area contributed by atoms with E-state index in [0.29, 0.717) is 0 Å². The van der Waals surface area contributed by atoms with Crippen LogP contribution >= 0.6 is 0 Å². The minimum absolute atomic E-state index is 0.140. The van der Waals surface area contributed by atoms with Gasteiger partial charge in [-0.25, -0.2) is 0 Å². The lowest BCUT2D eigenvalue weighted by molar-refractivity contribution is -0.113. The third-order valence-electron chi connectivity index (χ3n) is 2.92. The molecule has 0 spiro atoms. The lowest BCUT2D eigenvalue weighted by atomic mass is 10.1. The average molecular weight is 200 g/mol. The SMILES string of the molecule is CC(=O)/C(C)=C/c1ccc(C2CC2)cc1. The highest BCUT2D eigenvalue weighted by atomic mass is 16.1. The maximum absolute atomic E-state index is 11.1. The van der Waals surface area contributed by atoms with Gasteiger partial charge in [-0.1, -0.05) is 24.3 Å². The number of carbonyl (C=O) groups excluding carboxylic acids is 1. The first-order chi connectivity index (χ1) is 7.16. The molecule has 1 fully saturated rings. The number of benzene rings is 1. The molecule has 0 N–H and O–H groups in total. The third-order valence-corrected chi connectivity index (χ3v) is 2.92. The van der Waals surface area contributed by atoms with Gasteiger partial charge in [-0.15, -0.1) is 0 Å². The summed E-state index contributed by atoms with van der Waals surface area (Å²) in [6, 6.07) is 8.55. The number of hydrogen-bond donors (Lipinski definition) is 0. The van der Waals surface area contributed by atoms with Crippen molar-refractivity contribution < 1.29 is 4.79 Å². The molecule has 1 nitrogen and oxygen atoms in total. The molecule has 1 aliphatic rings. The van der Waals surface area contributed by atoms with E-state index in [4.69, 9.17) is 0 Å². The van der Waals surface area contributed by atoms with Gasteiger partial charge in [0.1, 0.15) is 0 Å². The Morgan fingerprint density at radius 2 is 1.80 bits per heavy atom. The zero-order valence-corrected chi connectivity index (χ0v) is 9.29. The number of allylic oxidation sites excluding steroid dienone is 1. The summed E-state index contributed by atoms with van der Waals surface area (Å²) in [5.41, 5.74) is 3.37. The van der Waals surface area contributed by atoms with E-state index in [1.807, 2.05) is 13.0 Å². The molecule has 0 aliphatic heterocycles. The van der Waals surface area contributed by atoms with Gasteiger partial charge >= 0.3 is 0 Å². The van der Waals surface area contributed by atoms with Crippen molar-refractivity contribution in [1.29, 1.82) is 0 Å². The number of ketones is 1. The van der Waals surface area contributed by atoms with Crippen molar-refractivity contribution in [3.05, 3.63) is 41.0 Å². The quantitative estimate of drug-likeness (QED) is 0.682. The monoisotopic (exact) mass is 200 g/mol. The minimum atomic E-state index is 0.140. The summed E-state index contributed by atoms with van der Waals surface area (Å²) in [6.45, 7) is 3.46. The van der Waals surface area contributed by atoms with Gasteiger partial charge in [0.15, 0.2) is 5.78 Å². The average Bonchev–Trinajstić information content (AvgIpc) is 3.02. The highest BCUT2D eigenvalue weighted by molar-refractivity contribution is 5.97. The van der Waals surface area contributed by atoms with Gasteiger partial charge in [0.05, 0.1) is 0 Å². The molecule has 1 aromatic carbocycles. The van der Waals surface area contributed by atoms with Crippen molar-refractivity contribution in [3.63, 3.8) is 0 Å². The second kappa shape index (κ2) is 4.01. The van der Waals surface area contributed by atoms with Crippen LogP contribution in [0.4, 0.5) is 0 Å². The van der Waals surface area contributed by atoms with Crippen LogP contribution in [-0.4, -0.2) is 5.78 Å². The molecule has 0 unspecified atom stereocenters. The van der Waals surface area contributed by atoms with E-state index < -0.39 is 0 Å². The molecule has 2 rings (SSSR count). The zero-order valence-electron chi connectivity index (χ0n) is 9.29. The highest BCUT2D eigenvalue weighted by Gasteiger charge is 2.22. The molecule has 0 radical (unpaired) electrons. The zero-order chi connectivity index (χ0) is 10.8. The normalized spacial score (nSPS) is 16.5. The van der Waals surface area contributed by atoms with E-state index in [9.17, 15) is 4.79 Å². The van der Waals surface area contributed by atoms with Crippen molar-refractivity contribution in [2.24, 2.45) is 0 Å². The predicted octanol–water partition coefficient (Wildman–Crippen LogP) is 3.56. The van der Waals surface area contributed by atoms with Crippen LogP contribution in [0.25, 0.3) is 6.08 Å². The van der Waals surface area contributed by atoms with Gasteiger partial charge in [0, 0.05) is 0 Å². The van der Waals surface area contributed by atoms with Gasteiger partial charge < -0.3 is 0 Å². The van der Waals surface area contributed by atoms with Crippen molar-refractivity contribution in [2.75, 3.05) is 0 Å². The summed E-state index contributed by atoms with van der Waals surface area (Å²) in [7, 11) is 0. The standard InChI is InChI=1S/C14H16O/c1-10(11(2)15)9-12-3-5-13(6-4-12)14-7-8-14/h3-6,9,14H,7-8H2,1-2H3/b10-9+. The predicted molar refractivity (Wildman–Crippen MR) is 62.7 cm³/mol. The van der Waals surface area contributed by atoms with Crippen LogP contribution in [0.2, 0.25) is 0 Å². The number of Topliss-reactive ketones (excluding diaryl/α,β-unsaturated/α-hetero) is 1. The maximum atomic E-state index is 11.1. The molecule has 0 atom stereocenters. The first-order valence-corrected chi connectivity index (χ1v) is 5.46. The molecule has 0 aromatic heterocycles. The minimum Gasteiger partial charge on any atom is -0.295 e. The molecule has 78 valence electrons. The van der Waals surface area contributed by atoms with E-state index in [2.05, 4.69) is 24.3 Å². The summed E-state index contributed by atoms with van der Waals surface area (Å²) in [6.07, 6.45) is 4.61. The van der Waals surface area contributed by atoms with Crippen molar-refractivity contribution in [2.45, 2.75) is 32.6 Å². The number of rotatable bonds is 3. The molecule has 0 bridgehead atoms. The van der Waals surface area contributed by atoms with Gasteiger partial charge in [0.2, 0.25) is 0 Å². The Hall–Kier alpha value is -1.37. The molecule has 0 heterocycles. The van der Waals surface area contributed by atoms with Crippen molar-refractivity contribution >= 4 is 11.9 Å². The van der Waals surface area contributed by atoms with E-state index in [1.165, 1.54) is 18.4 Å². The first kappa shape index (κ1) is 10.2. The molecule has 0 saturated heterocycles. The van der Waals surface area contributed by atoms with Crippen LogP contribution in [0, 0.1) is 0 Å². The van der Waals surface area contributed by atoms with Gasteiger partial charge in [-0.05, 0) is 55.4 Å². The number of carbonyl (C=O) groups is 1.